The van der Waals surface area contributed by atoms with Crippen molar-refractivity contribution in [2.24, 2.45) is 5.73 Å². The van der Waals surface area contributed by atoms with Gasteiger partial charge in [0, 0.05) is 26.6 Å². The van der Waals surface area contributed by atoms with Crippen molar-refractivity contribution in [3.05, 3.63) is 0 Å². The van der Waals surface area contributed by atoms with Crippen LogP contribution in [0.5, 0.6) is 0 Å². The molecule has 0 unspecified atom stereocenters. The second kappa shape index (κ2) is 9.11. The zero-order chi connectivity index (χ0) is 14.0. The lowest BCUT2D eigenvalue weighted by Crippen LogP contribution is -2.45. The predicted octanol–water partition coefficient (Wildman–Crippen LogP) is -2.43. The number of rotatable bonds is 7. The van der Waals surface area contributed by atoms with E-state index in [1.165, 1.54) is 6.92 Å². The number of imide groups is 1. The summed E-state index contributed by atoms with van der Waals surface area (Å²) in [5.74, 6) is -2.04. The van der Waals surface area contributed by atoms with Gasteiger partial charge in [-0.1, -0.05) is 0 Å². The molecule has 0 aromatic heterocycles. The predicted molar refractivity (Wildman–Crippen MR) is 63.1 cm³/mol. The number of nitrogens with one attached hydrogen (secondary N) is 2. The molecule has 0 fully saturated rings. The van der Waals surface area contributed by atoms with Crippen LogP contribution < -0.4 is 16.4 Å². The largest absolute Gasteiger partial charge is 0.355 e. The van der Waals surface area contributed by atoms with E-state index in [4.69, 9.17) is 5.73 Å². The maximum absolute atomic E-state index is 11.5. The maximum atomic E-state index is 11.5. The van der Waals surface area contributed by atoms with Gasteiger partial charge in [0.25, 0.3) is 0 Å². The highest BCUT2D eigenvalue weighted by molar-refractivity contribution is 6.36. The molecule has 0 saturated heterocycles. The van der Waals surface area contributed by atoms with Gasteiger partial charge in [0.15, 0.2) is 0 Å². The summed E-state index contributed by atoms with van der Waals surface area (Å²) in [4.78, 5) is 44.7. The molecule has 0 aromatic rings. The third kappa shape index (κ3) is 6.59. The van der Waals surface area contributed by atoms with Crippen LogP contribution in [-0.4, -0.2) is 55.2 Å². The smallest absolute Gasteiger partial charge is 0.318 e. The number of amides is 4. The summed E-state index contributed by atoms with van der Waals surface area (Å²) in [5.41, 5.74) is 5.24. The van der Waals surface area contributed by atoms with E-state index < -0.39 is 11.8 Å². The number of carbonyl (C=O) groups is 4. The molecule has 0 aliphatic carbocycles. The molecule has 0 spiro atoms. The second-order valence-electron chi connectivity index (χ2n) is 3.49. The molecule has 0 aromatic carbocycles. The summed E-state index contributed by atoms with van der Waals surface area (Å²) in [6.07, 6.45) is 0.731. The van der Waals surface area contributed by atoms with Crippen molar-refractivity contribution in [3.8, 4) is 0 Å². The van der Waals surface area contributed by atoms with Gasteiger partial charge in [0.05, 0.1) is 0 Å². The van der Waals surface area contributed by atoms with Crippen LogP contribution in [-0.2, 0) is 19.2 Å². The molecule has 0 saturated carbocycles. The molecule has 18 heavy (non-hydrogen) atoms. The molecule has 0 atom stereocenters. The van der Waals surface area contributed by atoms with Gasteiger partial charge in [-0.3, -0.25) is 24.1 Å². The fourth-order valence-corrected chi connectivity index (χ4v) is 1.08. The Morgan fingerprint density at radius 2 is 1.83 bits per heavy atom. The molecule has 8 nitrogen and oxygen atoms in total. The first-order valence-corrected chi connectivity index (χ1v) is 5.51. The Balaban J connectivity index is 4.03. The van der Waals surface area contributed by atoms with Crippen LogP contribution in [0, 0.1) is 0 Å². The van der Waals surface area contributed by atoms with Crippen LogP contribution in [0.2, 0.25) is 0 Å². The quantitative estimate of drug-likeness (QED) is 0.266. The minimum Gasteiger partial charge on any atom is -0.355 e. The molecule has 0 rings (SSSR count). The highest BCUT2D eigenvalue weighted by Gasteiger charge is 2.20. The minimum absolute atomic E-state index is 0.109. The van der Waals surface area contributed by atoms with Crippen LogP contribution in [0.15, 0.2) is 0 Å². The molecule has 0 bridgehead atoms. The summed E-state index contributed by atoms with van der Waals surface area (Å²) in [6.45, 7) is 2.11. The van der Waals surface area contributed by atoms with E-state index in [1.807, 2.05) is 0 Å². The molecule has 0 aliphatic heterocycles. The summed E-state index contributed by atoms with van der Waals surface area (Å²) in [5, 5.41) is 4.75. The standard InChI is InChI=1S/C10H18N4O4/c1-8(16)12-4-5-13-9(17)10(18)14(7-15)6-2-3-11/h7H,2-6,11H2,1H3,(H,12,16)(H,13,17). The van der Waals surface area contributed by atoms with Crippen LogP contribution in [0.25, 0.3) is 0 Å². The number of carbonyl (C=O) groups excluding carboxylic acids is 4. The summed E-state index contributed by atoms with van der Waals surface area (Å²) in [7, 11) is 0. The Morgan fingerprint density at radius 1 is 1.22 bits per heavy atom. The second-order valence-corrected chi connectivity index (χ2v) is 3.49. The van der Waals surface area contributed by atoms with Gasteiger partial charge in [-0.2, -0.15) is 0 Å². The Labute approximate surface area is 105 Å². The normalized spacial score (nSPS) is 9.44. The van der Waals surface area contributed by atoms with Crippen molar-refractivity contribution in [2.45, 2.75) is 13.3 Å². The van der Waals surface area contributed by atoms with Gasteiger partial charge in [-0.15, -0.1) is 0 Å². The number of nitrogens with zero attached hydrogens (tertiary/aromatic N) is 1. The molecular weight excluding hydrogens is 240 g/mol. The number of hydrogen-bond donors (Lipinski definition) is 3. The van der Waals surface area contributed by atoms with Crippen LogP contribution >= 0.6 is 0 Å². The lowest BCUT2D eigenvalue weighted by atomic mass is 10.3. The Kier molecular flexibility index (Phi) is 8.12. The first-order chi connectivity index (χ1) is 8.52. The summed E-state index contributed by atoms with van der Waals surface area (Å²) >= 11 is 0. The van der Waals surface area contributed by atoms with Crippen LogP contribution in [0.4, 0.5) is 0 Å². The first-order valence-electron chi connectivity index (χ1n) is 5.51. The molecule has 0 aliphatic rings. The summed E-state index contributed by atoms with van der Waals surface area (Å²) in [6, 6.07) is 0. The van der Waals surface area contributed by atoms with Crippen molar-refractivity contribution >= 4 is 24.1 Å². The third-order valence-corrected chi connectivity index (χ3v) is 1.97. The highest BCUT2D eigenvalue weighted by Crippen LogP contribution is 1.88. The van der Waals surface area contributed by atoms with E-state index in [1.54, 1.807) is 0 Å². The molecule has 4 N–H and O–H groups in total. The lowest BCUT2D eigenvalue weighted by Gasteiger charge is -2.14. The van der Waals surface area contributed by atoms with Gasteiger partial charge in [0.2, 0.25) is 12.3 Å². The van der Waals surface area contributed by atoms with Crippen molar-refractivity contribution in [1.29, 1.82) is 0 Å². The number of nitrogens with two attached hydrogens (primary N) is 1. The topological polar surface area (TPSA) is 122 Å². The van der Waals surface area contributed by atoms with Crippen molar-refractivity contribution in [2.75, 3.05) is 26.2 Å². The van der Waals surface area contributed by atoms with E-state index in [9.17, 15) is 19.2 Å². The van der Waals surface area contributed by atoms with Crippen LogP contribution in [0.1, 0.15) is 13.3 Å². The van der Waals surface area contributed by atoms with Gasteiger partial charge in [-0.05, 0) is 13.0 Å². The van der Waals surface area contributed by atoms with Crippen LogP contribution in [0.3, 0.4) is 0 Å². The van der Waals surface area contributed by atoms with Gasteiger partial charge in [0.1, 0.15) is 0 Å². The summed E-state index contributed by atoms with van der Waals surface area (Å²) < 4.78 is 0. The molecule has 0 radical (unpaired) electrons. The zero-order valence-electron chi connectivity index (χ0n) is 10.3. The SMILES string of the molecule is CC(=O)NCCNC(=O)C(=O)N(C=O)CCCN. The van der Waals surface area contributed by atoms with E-state index in [0.29, 0.717) is 19.4 Å². The lowest BCUT2D eigenvalue weighted by molar-refractivity contribution is -0.148. The Hall–Kier alpha value is -1.96. The molecule has 8 heteroatoms. The van der Waals surface area contributed by atoms with Crippen molar-refractivity contribution in [1.82, 2.24) is 15.5 Å². The number of hydrogen-bond acceptors (Lipinski definition) is 5. The third-order valence-electron chi connectivity index (χ3n) is 1.97. The van der Waals surface area contributed by atoms with E-state index in [0.717, 1.165) is 4.90 Å². The van der Waals surface area contributed by atoms with Gasteiger partial charge >= 0.3 is 11.8 Å². The molecule has 0 heterocycles. The van der Waals surface area contributed by atoms with Gasteiger partial charge in [-0.25, -0.2) is 0 Å². The average molecular weight is 258 g/mol. The molecule has 4 amide bonds. The molecule has 102 valence electrons. The van der Waals surface area contributed by atoms with Gasteiger partial charge < -0.3 is 16.4 Å². The monoisotopic (exact) mass is 258 g/mol. The molecular formula is C10H18N4O4. The fourth-order valence-electron chi connectivity index (χ4n) is 1.08. The maximum Gasteiger partial charge on any atom is 0.318 e. The zero-order valence-corrected chi connectivity index (χ0v) is 10.3. The van der Waals surface area contributed by atoms with E-state index in [2.05, 4.69) is 10.6 Å². The first kappa shape index (κ1) is 16.0. The van der Waals surface area contributed by atoms with Crippen molar-refractivity contribution < 1.29 is 19.2 Å². The fraction of sp³-hybridized carbons (Fsp3) is 0.600. The van der Waals surface area contributed by atoms with Crippen molar-refractivity contribution in [3.63, 3.8) is 0 Å². The average Bonchev–Trinajstić information content (AvgIpc) is 2.34. The van der Waals surface area contributed by atoms with E-state index >= 15 is 0 Å². The minimum atomic E-state index is -0.929. The Bertz CT molecular complexity index is 319. The highest BCUT2D eigenvalue weighted by atomic mass is 16.2. The Morgan fingerprint density at radius 3 is 2.33 bits per heavy atom. The van der Waals surface area contributed by atoms with E-state index in [-0.39, 0.29) is 25.5 Å².